The van der Waals surface area contributed by atoms with Crippen LogP contribution < -0.4 is 5.32 Å². The summed E-state index contributed by atoms with van der Waals surface area (Å²) in [7, 11) is 0. The molecule has 19 heavy (non-hydrogen) atoms. The van der Waals surface area contributed by atoms with Crippen molar-refractivity contribution in [3.63, 3.8) is 0 Å². The van der Waals surface area contributed by atoms with E-state index in [1.807, 2.05) is 24.3 Å². The number of Topliss-reactive ketones (excluding diaryl/α,β-unsaturated/α-hetero) is 1. The van der Waals surface area contributed by atoms with Gasteiger partial charge in [0.15, 0.2) is 5.78 Å². The number of ketones is 1. The highest BCUT2D eigenvalue weighted by atomic mass is 16.1. The van der Waals surface area contributed by atoms with Crippen LogP contribution in [0.15, 0.2) is 48.5 Å². The summed E-state index contributed by atoms with van der Waals surface area (Å²) >= 11 is 0. The molecule has 3 rings (SSSR count). The minimum atomic E-state index is 0.0910. The van der Waals surface area contributed by atoms with Crippen molar-refractivity contribution in [2.75, 3.05) is 5.32 Å². The molecule has 2 aromatic carbocycles. The van der Waals surface area contributed by atoms with Crippen molar-refractivity contribution in [2.45, 2.75) is 25.8 Å². The summed E-state index contributed by atoms with van der Waals surface area (Å²) in [4.78, 5) is 12.2. The number of carbonyl (C=O) groups is 1. The van der Waals surface area contributed by atoms with Gasteiger partial charge in [-0.1, -0.05) is 43.3 Å². The van der Waals surface area contributed by atoms with Crippen molar-refractivity contribution in [1.82, 2.24) is 0 Å². The third-order valence-electron chi connectivity index (χ3n) is 3.74. The van der Waals surface area contributed by atoms with Gasteiger partial charge in [-0.3, -0.25) is 4.79 Å². The molecule has 1 aliphatic heterocycles. The molecular formula is C17H17NO. The van der Waals surface area contributed by atoms with Crippen LogP contribution in [0.4, 0.5) is 5.69 Å². The summed E-state index contributed by atoms with van der Waals surface area (Å²) < 4.78 is 0. The first kappa shape index (κ1) is 12.0. The molecule has 0 amide bonds. The van der Waals surface area contributed by atoms with Gasteiger partial charge in [-0.05, 0) is 29.7 Å². The van der Waals surface area contributed by atoms with E-state index in [-0.39, 0.29) is 11.8 Å². The molecule has 1 heterocycles. The van der Waals surface area contributed by atoms with Crippen LogP contribution in [0, 0.1) is 0 Å². The van der Waals surface area contributed by atoms with Gasteiger partial charge in [-0.25, -0.2) is 0 Å². The van der Waals surface area contributed by atoms with Gasteiger partial charge in [0.2, 0.25) is 0 Å². The number of hydrogen-bond donors (Lipinski definition) is 1. The van der Waals surface area contributed by atoms with Crippen LogP contribution >= 0.6 is 0 Å². The summed E-state index contributed by atoms with van der Waals surface area (Å²) in [6, 6.07) is 16.4. The Bertz CT molecular complexity index is 601. The van der Waals surface area contributed by atoms with E-state index in [4.69, 9.17) is 0 Å². The summed E-state index contributed by atoms with van der Waals surface area (Å²) in [5.74, 6) is 0.221. The fourth-order valence-electron chi connectivity index (χ4n) is 2.57. The molecule has 0 saturated carbocycles. The predicted octanol–water partition coefficient (Wildman–Crippen LogP) is 3.99. The molecule has 0 bridgehead atoms. The van der Waals surface area contributed by atoms with E-state index in [0.29, 0.717) is 6.42 Å². The quantitative estimate of drug-likeness (QED) is 0.874. The molecule has 2 nitrogen and oxygen atoms in total. The topological polar surface area (TPSA) is 29.1 Å². The molecule has 0 fully saturated rings. The third kappa shape index (κ3) is 2.26. The van der Waals surface area contributed by atoms with Gasteiger partial charge in [-0.2, -0.15) is 0 Å². The number of nitrogens with one attached hydrogen (secondary N) is 1. The zero-order chi connectivity index (χ0) is 13.2. The zero-order valence-corrected chi connectivity index (χ0v) is 11.0. The fraction of sp³-hybridized carbons (Fsp3) is 0.235. The molecule has 0 saturated heterocycles. The molecule has 0 radical (unpaired) electrons. The Labute approximate surface area is 113 Å². The van der Waals surface area contributed by atoms with Crippen LogP contribution in [0.2, 0.25) is 0 Å². The lowest BCUT2D eigenvalue weighted by Gasteiger charge is -2.26. The number of para-hydroxylation sites is 1. The number of benzene rings is 2. The largest absolute Gasteiger partial charge is 0.377 e. The Kier molecular flexibility index (Phi) is 3.08. The van der Waals surface area contributed by atoms with Gasteiger partial charge in [-0.15, -0.1) is 0 Å². The second kappa shape index (κ2) is 4.88. The van der Waals surface area contributed by atoms with Crippen LogP contribution in [-0.2, 0) is 6.42 Å². The van der Waals surface area contributed by atoms with Gasteiger partial charge >= 0.3 is 0 Å². The van der Waals surface area contributed by atoms with Crippen molar-refractivity contribution in [3.05, 3.63) is 65.2 Å². The average Bonchev–Trinajstić information content (AvgIpc) is 2.47. The lowest BCUT2D eigenvalue weighted by molar-refractivity contribution is 0.0972. The number of aryl methyl sites for hydroxylation is 1. The first-order valence-electron chi connectivity index (χ1n) is 6.75. The fourth-order valence-corrected chi connectivity index (χ4v) is 2.57. The van der Waals surface area contributed by atoms with E-state index >= 15 is 0 Å². The van der Waals surface area contributed by atoms with Crippen molar-refractivity contribution in [3.8, 4) is 0 Å². The van der Waals surface area contributed by atoms with E-state index in [1.165, 1.54) is 11.1 Å². The van der Waals surface area contributed by atoms with Gasteiger partial charge in [0.1, 0.15) is 0 Å². The van der Waals surface area contributed by atoms with Gasteiger partial charge in [0.25, 0.3) is 0 Å². The predicted molar refractivity (Wildman–Crippen MR) is 77.6 cm³/mol. The number of carbonyl (C=O) groups excluding carboxylic acids is 1. The molecule has 0 aliphatic carbocycles. The lowest BCUT2D eigenvalue weighted by Crippen LogP contribution is -2.22. The molecule has 96 valence electrons. The maximum atomic E-state index is 12.2. The van der Waals surface area contributed by atoms with Crippen LogP contribution in [0.3, 0.4) is 0 Å². The second-order valence-electron chi connectivity index (χ2n) is 4.96. The summed E-state index contributed by atoms with van der Waals surface area (Å²) in [6.07, 6.45) is 1.57. The van der Waals surface area contributed by atoms with Crippen LogP contribution in [0.5, 0.6) is 0 Å². The molecule has 2 heteroatoms. The normalized spacial score (nSPS) is 17.7. The Morgan fingerprint density at radius 1 is 1.11 bits per heavy atom. The molecule has 0 aromatic heterocycles. The number of fused-ring (bicyclic) bond motifs is 1. The molecule has 1 aliphatic rings. The van der Waals surface area contributed by atoms with E-state index in [1.54, 1.807) is 0 Å². The smallest absolute Gasteiger partial charge is 0.167 e. The van der Waals surface area contributed by atoms with Crippen LogP contribution in [0.25, 0.3) is 0 Å². The zero-order valence-electron chi connectivity index (χ0n) is 11.0. The van der Waals surface area contributed by atoms with E-state index in [9.17, 15) is 4.79 Å². The van der Waals surface area contributed by atoms with Gasteiger partial charge in [0.05, 0.1) is 6.04 Å². The first-order valence-corrected chi connectivity index (χ1v) is 6.75. The standard InChI is InChI=1S/C17H17NO/c1-2-12-7-9-13(10-8-12)16-11-17(19)14-5-3-4-6-15(14)18-16/h3-10,16,18H,2,11H2,1H3. The highest BCUT2D eigenvalue weighted by molar-refractivity contribution is 6.03. The monoisotopic (exact) mass is 251 g/mol. The van der Waals surface area contributed by atoms with Crippen LogP contribution in [-0.4, -0.2) is 5.78 Å². The highest BCUT2D eigenvalue weighted by Crippen LogP contribution is 2.32. The van der Waals surface area contributed by atoms with Gasteiger partial charge in [0, 0.05) is 17.7 Å². The molecular weight excluding hydrogens is 234 g/mol. The maximum Gasteiger partial charge on any atom is 0.167 e. The van der Waals surface area contributed by atoms with Crippen molar-refractivity contribution >= 4 is 11.5 Å². The van der Waals surface area contributed by atoms with Crippen molar-refractivity contribution < 1.29 is 4.79 Å². The van der Waals surface area contributed by atoms with E-state index in [2.05, 4.69) is 36.5 Å². The molecule has 1 atom stereocenters. The third-order valence-corrected chi connectivity index (χ3v) is 3.74. The Morgan fingerprint density at radius 2 is 1.84 bits per heavy atom. The number of hydrogen-bond acceptors (Lipinski definition) is 2. The summed E-state index contributed by atoms with van der Waals surface area (Å²) in [6.45, 7) is 2.15. The maximum absolute atomic E-state index is 12.2. The highest BCUT2D eigenvalue weighted by Gasteiger charge is 2.24. The number of rotatable bonds is 2. The molecule has 1 unspecified atom stereocenters. The summed E-state index contributed by atoms with van der Waals surface area (Å²) in [5.41, 5.74) is 4.26. The van der Waals surface area contributed by atoms with E-state index < -0.39 is 0 Å². The number of anilines is 1. The minimum absolute atomic E-state index is 0.0910. The first-order chi connectivity index (χ1) is 9.28. The van der Waals surface area contributed by atoms with Crippen molar-refractivity contribution in [1.29, 1.82) is 0 Å². The van der Waals surface area contributed by atoms with E-state index in [0.717, 1.165) is 17.7 Å². The Morgan fingerprint density at radius 3 is 2.58 bits per heavy atom. The average molecular weight is 251 g/mol. The lowest BCUT2D eigenvalue weighted by atomic mass is 9.92. The Hall–Kier alpha value is -2.09. The SMILES string of the molecule is CCc1ccc(C2CC(=O)c3ccccc3N2)cc1. The van der Waals surface area contributed by atoms with Crippen LogP contribution in [0.1, 0.15) is 40.9 Å². The molecule has 0 spiro atoms. The van der Waals surface area contributed by atoms with Crippen molar-refractivity contribution in [2.24, 2.45) is 0 Å². The second-order valence-corrected chi connectivity index (χ2v) is 4.96. The minimum Gasteiger partial charge on any atom is -0.377 e. The Balaban J connectivity index is 1.90. The molecule has 2 aromatic rings. The molecule has 1 N–H and O–H groups in total. The van der Waals surface area contributed by atoms with Gasteiger partial charge < -0.3 is 5.32 Å². The summed E-state index contributed by atoms with van der Waals surface area (Å²) in [5, 5.41) is 3.46.